The second-order valence-electron chi connectivity index (χ2n) is 23.7. The van der Waals surface area contributed by atoms with E-state index in [1.807, 2.05) is 11.3 Å². The molecule has 0 bridgehead atoms. The third-order valence-corrected chi connectivity index (χ3v) is 19.7. The van der Waals surface area contributed by atoms with Crippen molar-refractivity contribution in [3.05, 3.63) is 296 Å². The first-order valence-corrected chi connectivity index (χ1v) is 30.3. The summed E-state index contributed by atoms with van der Waals surface area (Å²) in [6.07, 6.45) is 0. The van der Waals surface area contributed by atoms with Gasteiger partial charge in [-0.3, -0.25) is 0 Å². The van der Waals surface area contributed by atoms with Crippen LogP contribution in [0.5, 0.6) is 0 Å². The number of benzene rings is 13. The maximum Gasteiger partial charge on any atom is 0.0548 e. The topological polar surface area (TPSA) is 14.8 Å². The fraction of sp³-hybridized carbons (Fsp3) is 0.0370. The van der Waals surface area contributed by atoms with Gasteiger partial charge >= 0.3 is 0 Å². The van der Waals surface area contributed by atoms with E-state index >= 15 is 0 Å². The molecule has 398 valence electrons. The Morgan fingerprint density at radius 3 is 1.19 bits per heavy atom. The Labute approximate surface area is 495 Å². The van der Waals surface area contributed by atoms with Crippen LogP contribution >= 0.6 is 11.3 Å². The largest absolute Gasteiger partial charge is 0.309 e. The molecule has 1 aliphatic carbocycles. The lowest BCUT2D eigenvalue weighted by atomic mass is 9.82. The average molecular weight is 1100 g/mol. The maximum atomic E-state index is 2.52. The van der Waals surface area contributed by atoms with Crippen LogP contribution < -0.4 is 0 Å². The fourth-order valence-electron chi connectivity index (χ4n) is 14.5. The minimum Gasteiger partial charge on any atom is -0.309 e. The summed E-state index contributed by atoms with van der Waals surface area (Å²) in [7, 11) is 0. The standard InChI is InChI=1S/C81H53N3S/c1-81(2)71-35-31-52(42-63(71)64-43-53(32-36-72(64)81)55-33-37-74-66(45-55)69-49-80-70(62-28-16-18-30-79(62)85-80)48-78(69)83(74)59-25-13-6-14-26-59)54-34-38-75-65(44-54)68-47-76-67(61-27-15-17-29-73(61)82(76)58-23-11-5-12-24-58)46-77(68)84(75)60-40-56(50-19-7-3-8-20-50)39-57(41-60)51-21-9-4-10-22-51/h3-49H,1-2H3. The van der Waals surface area contributed by atoms with Crippen molar-refractivity contribution in [1.82, 2.24) is 13.7 Å². The first kappa shape index (κ1) is 48.1. The molecule has 1 aliphatic rings. The summed E-state index contributed by atoms with van der Waals surface area (Å²) >= 11 is 1.89. The van der Waals surface area contributed by atoms with E-state index in [4.69, 9.17) is 0 Å². The number of fused-ring (bicyclic) bond motifs is 15. The van der Waals surface area contributed by atoms with Gasteiger partial charge in [0.25, 0.3) is 0 Å². The van der Waals surface area contributed by atoms with E-state index in [9.17, 15) is 0 Å². The lowest BCUT2D eigenvalue weighted by Crippen LogP contribution is -2.14. The lowest BCUT2D eigenvalue weighted by Gasteiger charge is -2.21. The van der Waals surface area contributed by atoms with Crippen LogP contribution in [0.1, 0.15) is 25.0 Å². The van der Waals surface area contributed by atoms with E-state index in [0.29, 0.717) is 0 Å². The van der Waals surface area contributed by atoms with Crippen LogP contribution in [0.15, 0.2) is 285 Å². The van der Waals surface area contributed by atoms with E-state index < -0.39 is 0 Å². The van der Waals surface area contributed by atoms with Gasteiger partial charge < -0.3 is 13.7 Å². The third kappa shape index (κ3) is 7.26. The Balaban J connectivity index is 0.818. The summed E-state index contributed by atoms with van der Waals surface area (Å²) in [4.78, 5) is 0. The van der Waals surface area contributed by atoms with Gasteiger partial charge in [0.2, 0.25) is 0 Å². The number of nitrogens with zero attached hydrogens (tertiary/aromatic N) is 3. The smallest absolute Gasteiger partial charge is 0.0548 e. The summed E-state index contributed by atoms with van der Waals surface area (Å²) < 4.78 is 10.1. The van der Waals surface area contributed by atoms with Crippen molar-refractivity contribution in [2.75, 3.05) is 0 Å². The van der Waals surface area contributed by atoms with Gasteiger partial charge in [0.1, 0.15) is 0 Å². The van der Waals surface area contributed by atoms with E-state index in [1.54, 1.807) is 0 Å². The van der Waals surface area contributed by atoms with E-state index in [1.165, 1.54) is 158 Å². The number of hydrogen-bond donors (Lipinski definition) is 0. The Hall–Kier alpha value is -10.5. The van der Waals surface area contributed by atoms with E-state index in [2.05, 4.69) is 313 Å². The summed E-state index contributed by atoms with van der Waals surface area (Å²) in [6, 6.07) is 107. The normalized spacial score (nSPS) is 12.9. The molecule has 4 heterocycles. The minimum absolute atomic E-state index is 0.169. The van der Waals surface area contributed by atoms with Gasteiger partial charge in [0.15, 0.2) is 0 Å². The van der Waals surface area contributed by atoms with Crippen molar-refractivity contribution in [2.24, 2.45) is 0 Å². The molecule has 0 atom stereocenters. The number of para-hydroxylation sites is 3. The predicted molar refractivity (Wildman–Crippen MR) is 362 cm³/mol. The highest BCUT2D eigenvalue weighted by Crippen LogP contribution is 2.52. The van der Waals surface area contributed by atoms with E-state index in [0.717, 1.165) is 11.4 Å². The molecule has 17 aromatic rings. The van der Waals surface area contributed by atoms with Crippen molar-refractivity contribution in [1.29, 1.82) is 0 Å². The first-order chi connectivity index (χ1) is 41.9. The molecule has 85 heavy (non-hydrogen) atoms. The molecular formula is C81H53N3S. The van der Waals surface area contributed by atoms with Crippen molar-refractivity contribution in [3.8, 4) is 72.7 Å². The fourth-order valence-corrected chi connectivity index (χ4v) is 15.7. The van der Waals surface area contributed by atoms with Crippen molar-refractivity contribution in [3.63, 3.8) is 0 Å². The zero-order chi connectivity index (χ0) is 56.1. The Morgan fingerprint density at radius 2 is 0.635 bits per heavy atom. The van der Waals surface area contributed by atoms with Crippen molar-refractivity contribution in [2.45, 2.75) is 19.3 Å². The quantitative estimate of drug-likeness (QED) is 0.151. The van der Waals surface area contributed by atoms with Crippen LogP contribution in [-0.4, -0.2) is 13.7 Å². The highest BCUT2D eigenvalue weighted by Gasteiger charge is 2.36. The number of hydrogen-bond acceptors (Lipinski definition) is 1. The second kappa shape index (κ2) is 18.2. The second-order valence-corrected chi connectivity index (χ2v) is 24.7. The lowest BCUT2D eigenvalue weighted by molar-refractivity contribution is 0.660. The molecule has 3 nitrogen and oxygen atoms in total. The van der Waals surface area contributed by atoms with Crippen LogP contribution in [0.3, 0.4) is 0 Å². The van der Waals surface area contributed by atoms with Crippen LogP contribution in [0.4, 0.5) is 0 Å². The summed E-state index contributed by atoms with van der Waals surface area (Å²) in [5, 5.41) is 10.1. The van der Waals surface area contributed by atoms with Crippen LogP contribution in [0.2, 0.25) is 0 Å². The highest BCUT2D eigenvalue weighted by atomic mass is 32.1. The van der Waals surface area contributed by atoms with Crippen LogP contribution in [-0.2, 0) is 5.41 Å². The molecule has 0 saturated carbocycles. The monoisotopic (exact) mass is 1100 g/mol. The Bertz CT molecular complexity index is 5540. The molecule has 0 fully saturated rings. The molecule has 4 aromatic heterocycles. The zero-order valence-corrected chi connectivity index (χ0v) is 47.7. The molecule has 0 spiro atoms. The number of thiophene rings is 1. The number of aromatic nitrogens is 3. The van der Waals surface area contributed by atoms with Gasteiger partial charge in [-0.25, -0.2) is 0 Å². The molecule has 13 aromatic carbocycles. The van der Waals surface area contributed by atoms with E-state index in [-0.39, 0.29) is 5.41 Å². The molecule has 4 heteroatoms. The molecule has 0 radical (unpaired) electrons. The van der Waals surface area contributed by atoms with Crippen LogP contribution in [0, 0.1) is 0 Å². The highest BCUT2D eigenvalue weighted by molar-refractivity contribution is 7.25. The van der Waals surface area contributed by atoms with Crippen molar-refractivity contribution < 1.29 is 0 Å². The first-order valence-electron chi connectivity index (χ1n) is 29.5. The molecule has 0 N–H and O–H groups in total. The molecular weight excluding hydrogens is 1050 g/mol. The molecule has 0 saturated heterocycles. The summed E-state index contributed by atoms with van der Waals surface area (Å²) in [6.45, 7) is 4.78. The predicted octanol–water partition coefficient (Wildman–Crippen LogP) is 22.3. The van der Waals surface area contributed by atoms with Crippen LogP contribution in [0.25, 0.3) is 158 Å². The Kier molecular flexibility index (Phi) is 10.3. The number of rotatable bonds is 7. The molecule has 0 aliphatic heterocycles. The third-order valence-electron chi connectivity index (χ3n) is 18.6. The van der Waals surface area contributed by atoms with Gasteiger partial charge in [0.05, 0.1) is 33.1 Å². The maximum absolute atomic E-state index is 2.52. The molecule has 0 amide bonds. The van der Waals surface area contributed by atoms with Gasteiger partial charge in [-0.15, -0.1) is 11.3 Å². The molecule has 18 rings (SSSR count). The SMILES string of the molecule is CC1(C)c2ccc(-c3ccc4c(c3)c3cc5sc6ccccc6c5cc3n4-c3ccccc3)cc2-c2cc(-c3ccc4c(c3)c3cc5c(cc3n4-c3cc(-c4ccccc4)cc(-c4ccccc4)c3)c3ccccc3n5-c3ccccc3)ccc21. The minimum atomic E-state index is -0.169. The van der Waals surface area contributed by atoms with Gasteiger partial charge in [-0.05, 0) is 182 Å². The van der Waals surface area contributed by atoms with Gasteiger partial charge in [0, 0.05) is 75.0 Å². The summed E-state index contributed by atoms with van der Waals surface area (Å²) in [5.41, 5.74) is 25.3. The zero-order valence-electron chi connectivity index (χ0n) is 46.9. The van der Waals surface area contributed by atoms with Gasteiger partial charge in [-0.1, -0.05) is 184 Å². The summed E-state index contributed by atoms with van der Waals surface area (Å²) in [5.74, 6) is 0. The Morgan fingerprint density at radius 1 is 0.235 bits per heavy atom. The van der Waals surface area contributed by atoms with Crippen molar-refractivity contribution >= 4 is 96.9 Å². The van der Waals surface area contributed by atoms with Gasteiger partial charge in [-0.2, -0.15) is 0 Å². The average Bonchev–Trinajstić information content (AvgIpc) is 1.72. The molecule has 0 unspecified atom stereocenters.